The van der Waals surface area contributed by atoms with Gasteiger partial charge in [0, 0.05) is 6.54 Å². The molecule has 0 saturated heterocycles. The summed E-state index contributed by atoms with van der Waals surface area (Å²) >= 11 is 5.78. The van der Waals surface area contributed by atoms with Crippen LogP contribution in [0.2, 0.25) is 5.28 Å². The molecular weight excluding hydrogens is 242 g/mol. The van der Waals surface area contributed by atoms with E-state index in [9.17, 15) is 0 Å². The third-order valence-electron chi connectivity index (χ3n) is 1.94. The molecule has 2 aromatic rings. The van der Waals surface area contributed by atoms with Crippen molar-refractivity contribution in [2.75, 3.05) is 17.2 Å². The van der Waals surface area contributed by atoms with Gasteiger partial charge < -0.3 is 15.1 Å². The molecule has 0 spiro atoms. The van der Waals surface area contributed by atoms with Crippen molar-refractivity contribution in [3.05, 3.63) is 29.4 Å². The molecule has 2 aromatic heterocycles. The lowest BCUT2D eigenvalue weighted by molar-refractivity contribution is 0.517. The lowest BCUT2D eigenvalue weighted by atomic mass is 10.4. The van der Waals surface area contributed by atoms with Crippen molar-refractivity contribution in [2.45, 2.75) is 13.5 Å². The molecule has 7 heteroatoms. The van der Waals surface area contributed by atoms with Crippen molar-refractivity contribution >= 4 is 23.5 Å². The predicted molar refractivity (Wildman–Crippen MR) is 65.0 cm³/mol. The van der Waals surface area contributed by atoms with E-state index < -0.39 is 0 Å². The van der Waals surface area contributed by atoms with Crippen molar-refractivity contribution in [1.29, 1.82) is 0 Å². The molecule has 2 heterocycles. The number of anilines is 2. The van der Waals surface area contributed by atoms with Crippen LogP contribution in [0.1, 0.15) is 12.7 Å². The van der Waals surface area contributed by atoms with Gasteiger partial charge in [-0.2, -0.15) is 15.0 Å². The van der Waals surface area contributed by atoms with Crippen molar-refractivity contribution in [1.82, 2.24) is 15.0 Å². The van der Waals surface area contributed by atoms with Gasteiger partial charge in [-0.15, -0.1) is 0 Å². The van der Waals surface area contributed by atoms with E-state index in [0.717, 1.165) is 12.3 Å². The van der Waals surface area contributed by atoms with E-state index in [1.54, 1.807) is 6.26 Å². The minimum absolute atomic E-state index is 0.151. The van der Waals surface area contributed by atoms with Crippen LogP contribution in [0.5, 0.6) is 0 Å². The minimum Gasteiger partial charge on any atom is -0.467 e. The second-order valence-corrected chi connectivity index (χ2v) is 3.55. The Hall–Kier alpha value is -1.82. The minimum atomic E-state index is 0.151. The van der Waals surface area contributed by atoms with Crippen molar-refractivity contribution < 1.29 is 4.42 Å². The fourth-order valence-corrected chi connectivity index (χ4v) is 1.41. The molecule has 0 atom stereocenters. The van der Waals surface area contributed by atoms with Crippen LogP contribution in [-0.4, -0.2) is 21.5 Å². The number of nitrogens with one attached hydrogen (secondary N) is 2. The Morgan fingerprint density at radius 3 is 2.65 bits per heavy atom. The number of furan rings is 1. The summed E-state index contributed by atoms with van der Waals surface area (Å²) in [6.45, 7) is 3.17. The molecule has 0 amide bonds. The quantitative estimate of drug-likeness (QED) is 0.851. The first-order chi connectivity index (χ1) is 8.28. The Bertz CT molecular complexity index is 474. The fourth-order valence-electron chi connectivity index (χ4n) is 1.25. The molecule has 2 rings (SSSR count). The third kappa shape index (κ3) is 3.32. The van der Waals surface area contributed by atoms with Gasteiger partial charge in [-0.25, -0.2) is 0 Å². The van der Waals surface area contributed by atoms with Gasteiger partial charge in [0.2, 0.25) is 17.2 Å². The van der Waals surface area contributed by atoms with E-state index in [1.165, 1.54) is 0 Å². The SMILES string of the molecule is CCNc1nc(Cl)nc(NCc2ccco2)n1. The Morgan fingerprint density at radius 1 is 1.24 bits per heavy atom. The molecule has 0 saturated carbocycles. The number of rotatable bonds is 5. The Balaban J connectivity index is 2.04. The molecular formula is C10H12ClN5O. The van der Waals surface area contributed by atoms with E-state index in [2.05, 4.69) is 25.6 Å². The standard InChI is InChI=1S/C10H12ClN5O/c1-2-12-9-14-8(11)15-10(16-9)13-6-7-4-3-5-17-7/h3-5H,2,6H2,1H3,(H2,12,13,14,15,16). The highest BCUT2D eigenvalue weighted by atomic mass is 35.5. The van der Waals surface area contributed by atoms with Crippen molar-refractivity contribution in [3.8, 4) is 0 Å². The molecule has 0 unspecified atom stereocenters. The molecule has 0 radical (unpaired) electrons. The van der Waals surface area contributed by atoms with Crippen molar-refractivity contribution in [3.63, 3.8) is 0 Å². The van der Waals surface area contributed by atoms with Gasteiger partial charge in [0.1, 0.15) is 5.76 Å². The molecule has 0 aromatic carbocycles. The molecule has 0 bridgehead atoms. The highest BCUT2D eigenvalue weighted by Crippen LogP contribution is 2.10. The molecule has 0 aliphatic heterocycles. The number of hydrogen-bond donors (Lipinski definition) is 2. The first kappa shape index (κ1) is 11.7. The van der Waals surface area contributed by atoms with E-state index in [4.69, 9.17) is 16.0 Å². The molecule has 0 fully saturated rings. The third-order valence-corrected chi connectivity index (χ3v) is 2.11. The molecule has 0 aliphatic carbocycles. The summed E-state index contributed by atoms with van der Waals surface area (Å²) in [5.74, 6) is 1.67. The average molecular weight is 254 g/mol. The van der Waals surface area contributed by atoms with Gasteiger partial charge >= 0.3 is 0 Å². The van der Waals surface area contributed by atoms with Crippen LogP contribution in [0.15, 0.2) is 22.8 Å². The highest BCUT2D eigenvalue weighted by molar-refractivity contribution is 6.28. The largest absolute Gasteiger partial charge is 0.467 e. The van der Waals surface area contributed by atoms with Crippen LogP contribution in [0, 0.1) is 0 Å². The first-order valence-electron chi connectivity index (χ1n) is 5.19. The van der Waals surface area contributed by atoms with E-state index in [1.807, 2.05) is 19.1 Å². The number of hydrogen-bond acceptors (Lipinski definition) is 6. The summed E-state index contributed by atoms with van der Waals surface area (Å²) in [6.07, 6.45) is 1.61. The van der Waals surface area contributed by atoms with Crippen LogP contribution >= 0.6 is 11.6 Å². The van der Waals surface area contributed by atoms with Crippen LogP contribution in [-0.2, 0) is 6.54 Å². The second-order valence-electron chi connectivity index (χ2n) is 3.21. The van der Waals surface area contributed by atoms with E-state index >= 15 is 0 Å². The normalized spacial score (nSPS) is 10.2. The summed E-state index contributed by atoms with van der Waals surface area (Å²) in [5, 5.41) is 6.13. The van der Waals surface area contributed by atoms with E-state index in [-0.39, 0.29) is 5.28 Å². The Labute approximate surface area is 103 Å². The summed E-state index contributed by atoms with van der Waals surface area (Å²) in [5.41, 5.74) is 0. The molecule has 90 valence electrons. The number of aromatic nitrogens is 3. The smallest absolute Gasteiger partial charge is 0.229 e. The molecule has 17 heavy (non-hydrogen) atoms. The average Bonchev–Trinajstić information content (AvgIpc) is 2.79. The second kappa shape index (κ2) is 5.49. The summed E-state index contributed by atoms with van der Waals surface area (Å²) in [6, 6.07) is 3.68. The van der Waals surface area contributed by atoms with Gasteiger partial charge in [0.15, 0.2) is 0 Å². The topological polar surface area (TPSA) is 75.9 Å². The number of halogens is 1. The lowest BCUT2D eigenvalue weighted by Gasteiger charge is -2.05. The highest BCUT2D eigenvalue weighted by Gasteiger charge is 2.04. The molecule has 6 nitrogen and oxygen atoms in total. The van der Waals surface area contributed by atoms with Crippen LogP contribution in [0.3, 0.4) is 0 Å². The predicted octanol–water partition coefficient (Wildman–Crippen LogP) is 2.16. The Kier molecular flexibility index (Phi) is 3.77. The summed E-state index contributed by atoms with van der Waals surface area (Å²) < 4.78 is 5.18. The van der Waals surface area contributed by atoms with Crippen molar-refractivity contribution in [2.24, 2.45) is 0 Å². The zero-order valence-electron chi connectivity index (χ0n) is 9.27. The zero-order valence-corrected chi connectivity index (χ0v) is 10.0. The maximum absolute atomic E-state index is 5.78. The van der Waals surface area contributed by atoms with Gasteiger partial charge in [-0.05, 0) is 30.7 Å². The zero-order chi connectivity index (χ0) is 12.1. The van der Waals surface area contributed by atoms with Gasteiger partial charge in [0.25, 0.3) is 0 Å². The monoisotopic (exact) mass is 253 g/mol. The Morgan fingerprint density at radius 2 is 2.00 bits per heavy atom. The van der Waals surface area contributed by atoms with Gasteiger partial charge in [-0.1, -0.05) is 0 Å². The van der Waals surface area contributed by atoms with Gasteiger partial charge in [0.05, 0.1) is 12.8 Å². The maximum Gasteiger partial charge on any atom is 0.229 e. The fraction of sp³-hybridized carbons (Fsp3) is 0.300. The molecule has 2 N–H and O–H groups in total. The van der Waals surface area contributed by atoms with Crippen LogP contribution < -0.4 is 10.6 Å². The van der Waals surface area contributed by atoms with E-state index in [0.29, 0.717) is 18.4 Å². The first-order valence-corrected chi connectivity index (χ1v) is 5.57. The van der Waals surface area contributed by atoms with Crippen LogP contribution in [0.25, 0.3) is 0 Å². The molecule has 0 aliphatic rings. The lowest BCUT2D eigenvalue weighted by Crippen LogP contribution is -2.08. The van der Waals surface area contributed by atoms with Crippen LogP contribution in [0.4, 0.5) is 11.9 Å². The van der Waals surface area contributed by atoms with Gasteiger partial charge in [-0.3, -0.25) is 0 Å². The maximum atomic E-state index is 5.78. The number of nitrogens with zero attached hydrogens (tertiary/aromatic N) is 3. The summed E-state index contributed by atoms with van der Waals surface area (Å²) in [4.78, 5) is 12.1. The summed E-state index contributed by atoms with van der Waals surface area (Å²) in [7, 11) is 0.